The molecule has 1 saturated heterocycles. The summed E-state index contributed by atoms with van der Waals surface area (Å²) < 4.78 is 0. The summed E-state index contributed by atoms with van der Waals surface area (Å²) in [6.07, 6.45) is 9.84. The van der Waals surface area contributed by atoms with Crippen LogP contribution >= 0.6 is 0 Å². The first-order chi connectivity index (χ1) is 10.2. The Balaban J connectivity index is 1.83. The number of phenolic OH excluding ortho intramolecular Hbond substituents is 1. The quantitative estimate of drug-likeness (QED) is 0.838. The number of aromatic hydroxyl groups is 1. The van der Waals surface area contributed by atoms with Crippen LogP contribution in [0.4, 0.5) is 0 Å². The van der Waals surface area contributed by atoms with Crippen LogP contribution < -0.4 is 0 Å². The van der Waals surface area contributed by atoms with Crippen LogP contribution in [-0.2, 0) is 11.8 Å². The number of hydrogen-bond donors (Lipinski definition) is 1. The average Bonchev–Trinajstić information content (AvgIpc) is 2.51. The van der Waals surface area contributed by atoms with E-state index in [1.807, 2.05) is 6.07 Å². The van der Waals surface area contributed by atoms with Gasteiger partial charge in [-0.2, -0.15) is 0 Å². The third-order valence-electron chi connectivity index (χ3n) is 6.30. The summed E-state index contributed by atoms with van der Waals surface area (Å²) in [7, 11) is 0. The predicted molar refractivity (Wildman–Crippen MR) is 85.6 cm³/mol. The van der Waals surface area contributed by atoms with Gasteiger partial charge in [-0.1, -0.05) is 25.0 Å². The van der Waals surface area contributed by atoms with Crippen LogP contribution in [0.3, 0.4) is 0 Å². The molecular weight excluding hydrogens is 258 g/mol. The lowest BCUT2D eigenvalue weighted by Crippen LogP contribution is -2.60. The summed E-state index contributed by atoms with van der Waals surface area (Å²) in [6.45, 7) is 6.15. The van der Waals surface area contributed by atoms with Crippen molar-refractivity contribution in [2.24, 2.45) is 5.92 Å². The molecule has 2 nitrogen and oxygen atoms in total. The first kappa shape index (κ1) is 13.4. The van der Waals surface area contributed by atoms with Gasteiger partial charge in [0, 0.05) is 18.0 Å². The average molecular weight is 283 g/mol. The van der Waals surface area contributed by atoms with Crippen molar-refractivity contribution in [3.05, 3.63) is 42.0 Å². The number of fused-ring (bicyclic) bond motifs is 1. The second kappa shape index (κ2) is 4.88. The molecule has 0 unspecified atom stereocenters. The van der Waals surface area contributed by atoms with Gasteiger partial charge in [0.1, 0.15) is 5.75 Å². The number of nitrogens with zero attached hydrogens (tertiary/aromatic N) is 1. The molecule has 2 bridgehead atoms. The Morgan fingerprint density at radius 2 is 2.24 bits per heavy atom. The second-order valence-corrected chi connectivity index (χ2v) is 7.15. The number of piperidine rings is 1. The molecule has 2 fully saturated rings. The van der Waals surface area contributed by atoms with E-state index in [9.17, 15) is 5.11 Å². The van der Waals surface area contributed by atoms with Crippen molar-refractivity contribution in [1.29, 1.82) is 0 Å². The van der Waals surface area contributed by atoms with Crippen molar-refractivity contribution in [2.75, 3.05) is 13.1 Å². The Bertz CT molecular complexity index is 567. The van der Waals surface area contributed by atoms with Gasteiger partial charge in [-0.05, 0) is 61.4 Å². The van der Waals surface area contributed by atoms with Crippen molar-refractivity contribution in [2.45, 2.75) is 50.0 Å². The highest BCUT2D eigenvalue weighted by Crippen LogP contribution is 2.56. The summed E-state index contributed by atoms with van der Waals surface area (Å²) in [6, 6.07) is 6.79. The third kappa shape index (κ3) is 1.88. The smallest absolute Gasteiger partial charge is 0.115 e. The van der Waals surface area contributed by atoms with Crippen molar-refractivity contribution in [1.82, 2.24) is 4.90 Å². The summed E-state index contributed by atoms with van der Waals surface area (Å²) in [5.41, 5.74) is 3.29. The standard InChI is InChI=1S/C19H25NO/c1-2-10-20-11-9-19-8-4-3-5-16(19)18(20)12-14-6-7-15(21)13-17(14)19/h2,6-7,13,16,18,21H,1,3-5,8-12H2/t16-,18+,19-/m1/s1. The minimum atomic E-state index is 0.340. The first-order valence-corrected chi connectivity index (χ1v) is 8.42. The molecule has 2 aliphatic carbocycles. The minimum Gasteiger partial charge on any atom is -0.508 e. The Morgan fingerprint density at radius 3 is 3.10 bits per heavy atom. The number of phenols is 1. The normalized spacial score (nSPS) is 34.9. The van der Waals surface area contributed by atoms with Crippen molar-refractivity contribution < 1.29 is 5.11 Å². The van der Waals surface area contributed by atoms with Crippen LogP contribution in [0.5, 0.6) is 5.75 Å². The largest absolute Gasteiger partial charge is 0.508 e. The van der Waals surface area contributed by atoms with Gasteiger partial charge in [-0.25, -0.2) is 0 Å². The van der Waals surface area contributed by atoms with E-state index in [1.54, 1.807) is 0 Å². The molecule has 1 aromatic rings. The van der Waals surface area contributed by atoms with Gasteiger partial charge >= 0.3 is 0 Å². The molecular formula is C19H25NO. The summed E-state index contributed by atoms with van der Waals surface area (Å²) in [5.74, 6) is 1.22. The lowest BCUT2D eigenvalue weighted by atomic mass is 9.52. The van der Waals surface area contributed by atoms with Crippen molar-refractivity contribution >= 4 is 0 Å². The highest BCUT2D eigenvalue weighted by atomic mass is 16.3. The van der Waals surface area contributed by atoms with Crippen LogP contribution in [0.25, 0.3) is 0 Å². The molecule has 3 atom stereocenters. The SMILES string of the molecule is C=CCN1CC[C@]23CCCC[C@@H]2[C@@H]1Cc1ccc(O)cc13. The maximum absolute atomic E-state index is 9.98. The molecule has 21 heavy (non-hydrogen) atoms. The molecule has 1 heterocycles. The minimum absolute atomic E-state index is 0.340. The van der Waals surface area contributed by atoms with Crippen LogP contribution in [0, 0.1) is 5.92 Å². The molecule has 0 aromatic heterocycles. The van der Waals surface area contributed by atoms with E-state index < -0.39 is 0 Å². The Kier molecular flexibility index (Phi) is 3.11. The van der Waals surface area contributed by atoms with Crippen LogP contribution in [-0.4, -0.2) is 29.1 Å². The summed E-state index contributed by atoms with van der Waals surface area (Å²) in [5, 5.41) is 9.98. The van der Waals surface area contributed by atoms with Gasteiger partial charge in [0.2, 0.25) is 0 Å². The second-order valence-electron chi connectivity index (χ2n) is 7.15. The van der Waals surface area contributed by atoms with Crippen LogP contribution in [0.1, 0.15) is 43.2 Å². The molecule has 3 aliphatic rings. The number of rotatable bonds is 2. The van der Waals surface area contributed by atoms with E-state index in [4.69, 9.17) is 0 Å². The molecule has 1 aliphatic heterocycles. The number of likely N-dealkylation sites (tertiary alicyclic amines) is 1. The predicted octanol–water partition coefficient (Wildman–Crippen LogP) is 3.64. The zero-order valence-electron chi connectivity index (χ0n) is 12.7. The van der Waals surface area contributed by atoms with Crippen LogP contribution in [0.15, 0.2) is 30.9 Å². The maximum Gasteiger partial charge on any atom is 0.115 e. The Labute approximate surface area is 127 Å². The Morgan fingerprint density at radius 1 is 1.33 bits per heavy atom. The van der Waals surface area contributed by atoms with E-state index in [0.717, 1.165) is 18.9 Å². The molecule has 0 amide bonds. The lowest BCUT2D eigenvalue weighted by molar-refractivity contribution is -0.00517. The first-order valence-electron chi connectivity index (χ1n) is 8.42. The molecule has 1 N–H and O–H groups in total. The van der Waals surface area contributed by atoms with Gasteiger partial charge in [-0.15, -0.1) is 6.58 Å². The molecule has 1 saturated carbocycles. The molecule has 0 radical (unpaired) electrons. The third-order valence-corrected chi connectivity index (χ3v) is 6.30. The zero-order valence-corrected chi connectivity index (χ0v) is 12.7. The van der Waals surface area contributed by atoms with Crippen molar-refractivity contribution in [3.8, 4) is 5.75 Å². The van der Waals surface area contributed by atoms with Crippen LogP contribution in [0.2, 0.25) is 0 Å². The van der Waals surface area contributed by atoms with E-state index in [1.165, 1.54) is 49.8 Å². The Hall–Kier alpha value is -1.28. The monoisotopic (exact) mass is 283 g/mol. The molecule has 0 spiro atoms. The molecule has 4 rings (SSSR count). The van der Waals surface area contributed by atoms with Gasteiger partial charge in [0.15, 0.2) is 0 Å². The molecule has 112 valence electrons. The van der Waals surface area contributed by atoms with E-state index in [2.05, 4.69) is 29.7 Å². The van der Waals surface area contributed by atoms with Gasteiger partial charge in [-0.3, -0.25) is 4.90 Å². The number of benzene rings is 1. The van der Waals surface area contributed by atoms with E-state index in [0.29, 0.717) is 17.2 Å². The molecule has 1 aromatic carbocycles. The highest BCUT2D eigenvalue weighted by Gasteiger charge is 2.53. The number of hydrogen-bond acceptors (Lipinski definition) is 2. The van der Waals surface area contributed by atoms with Gasteiger partial charge < -0.3 is 5.11 Å². The highest BCUT2D eigenvalue weighted by molar-refractivity contribution is 5.45. The topological polar surface area (TPSA) is 23.5 Å². The van der Waals surface area contributed by atoms with Gasteiger partial charge in [0.05, 0.1) is 0 Å². The summed E-state index contributed by atoms with van der Waals surface area (Å²) >= 11 is 0. The van der Waals surface area contributed by atoms with E-state index >= 15 is 0 Å². The fourth-order valence-electron chi connectivity index (χ4n) is 5.47. The van der Waals surface area contributed by atoms with Crippen molar-refractivity contribution in [3.63, 3.8) is 0 Å². The van der Waals surface area contributed by atoms with E-state index in [-0.39, 0.29) is 0 Å². The summed E-state index contributed by atoms with van der Waals surface area (Å²) in [4.78, 5) is 2.65. The van der Waals surface area contributed by atoms with Gasteiger partial charge in [0.25, 0.3) is 0 Å². The fourth-order valence-corrected chi connectivity index (χ4v) is 5.47. The molecule has 2 heteroatoms. The lowest BCUT2D eigenvalue weighted by Gasteiger charge is -2.59. The zero-order chi connectivity index (χ0) is 14.4. The fraction of sp³-hybridized carbons (Fsp3) is 0.579. The maximum atomic E-state index is 9.98.